The van der Waals surface area contributed by atoms with E-state index in [1.807, 2.05) is 49.5 Å². The third kappa shape index (κ3) is 3.77. The molecule has 2 aromatic carbocycles. The van der Waals surface area contributed by atoms with Gasteiger partial charge in [-0.3, -0.25) is 4.79 Å². The van der Waals surface area contributed by atoms with Crippen LogP contribution in [0, 0.1) is 6.92 Å². The van der Waals surface area contributed by atoms with Crippen molar-refractivity contribution >= 4 is 5.91 Å². The van der Waals surface area contributed by atoms with Crippen LogP contribution in [-0.2, 0) is 13.1 Å². The average molecular weight is 349 g/mol. The third-order valence-corrected chi connectivity index (χ3v) is 4.39. The first-order chi connectivity index (χ1) is 12.6. The minimum absolute atomic E-state index is 0.0748. The summed E-state index contributed by atoms with van der Waals surface area (Å²) in [5.74, 6) is 1.36. The van der Waals surface area contributed by atoms with Gasteiger partial charge in [-0.15, -0.1) is 0 Å². The van der Waals surface area contributed by atoms with Crippen LogP contribution < -0.4 is 4.74 Å². The smallest absolute Gasteiger partial charge is 0.258 e. The molecule has 0 aliphatic carbocycles. The van der Waals surface area contributed by atoms with Gasteiger partial charge in [-0.2, -0.15) is 0 Å². The van der Waals surface area contributed by atoms with Gasteiger partial charge in [0.2, 0.25) is 0 Å². The number of nitrogens with zero attached hydrogens (tertiary/aromatic N) is 3. The van der Waals surface area contributed by atoms with E-state index < -0.39 is 0 Å². The zero-order chi connectivity index (χ0) is 18.5. The van der Waals surface area contributed by atoms with Crippen molar-refractivity contribution in [1.82, 2.24) is 14.5 Å². The predicted molar refractivity (Wildman–Crippen MR) is 101 cm³/mol. The Hall–Kier alpha value is -3.08. The quantitative estimate of drug-likeness (QED) is 0.684. The van der Waals surface area contributed by atoms with E-state index >= 15 is 0 Å². The van der Waals surface area contributed by atoms with E-state index in [-0.39, 0.29) is 5.91 Å². The molecule has 1 heterocycles. The Bertz CT molecular complexity index is 887. The number of carbonyl (C=O) groups excluding carboxylic acids is 1. The molecule has 1 amide bonds. The first kappa shape index (κ1) is 17.7. The van der Waals surface area contributed by atoms with E-state index in [1.54, 1.807) is 25.3 Å². The van der Waals surface area contributed by atoms with Crippen LogP contribution in [0.5, 0.6) is 5.75 Å². The van der Waals surface area contributed by atoms with Crippen LogP contribution in [0.2, 0.25) is 0 Å². The highest BCUT2D eigenvalue weighted by Gasteiger charge is 2.20. The molecule has 0 bridgehead atoms. The second-order valence-corrected chi connectivity index (χ2v) is 6.27. The summed E-state index contributed by atoms with van der Waals surface area (Å²) < 4.78 is 7.43. The summed E-state index contributed by atoms with van der Waals surface area (Å²) in [7, 11) is 3.37. The van der Waals surface area contributed by atoms with Crippen molar-refractivity contribution in [2.24, 2.45) is 0 Å². The maximum Gasteiger partial charge on any atom is 0.258 e. The van der Waals surface area contributed by atoms with Crippen molar-refractivity contribution in [3.05, 3.63) is 83.4 Å². The zero-order valence-electron chi connectivity index (χ0n) is 15.3. The number of methoxy groups -OCH3 is 1. The van der Waals surface area contributed by atoms with E-state index in [0.717, 1.165) is 17.9 Å². The van der Waals surface area contributed by atoms with Gasteiger partial charge in [0.25, 0.3) is 5.91 Å². The number of ether oxygens (including phenoxy) is 1. The van der Waals surface area contributed by atoms with Crippen molar-refractivity contribution in [2.45, 2.75) is 20.0 Å². The molecule has 0 atom stereocenters. The lowest BCUT2D eigenvalue weighted by atomic mass is 10.1. The number of rotatable bonds is 6. The standard InChI is InChI=1S/C21H23N3O2/c1-16-8-7-11-18(26-3)20(16)21(25)23(2)15-19-22-12-13-24(19)14-17-9-5-4-6-10-17/h4-13H,14-15H2,1-3H3. The van der Waals surface area contributed by atoms with Crippen LogP contribution in [-0.4, -0.2) is 34.5 Å². The molecule has 1 aromatic heterocycles. The van der Waals surface area contributed by atoms with E-state index in [2.05, 4.69) is 21.7 Å². The summed E-state index contributed by atoms with van der Waals surface area (Å²) >= 11 is 0. The normalized spacial score (nSPS) is 10.6. The molecule has 0 aliphatic heterocycles. The predicted octanol–water partition coefficient (Wildman–Crippen LogP) is 3.52. The van der Waals surface area contributed by atoms with Gasteiger partial charge in [-0.05, 0) is 24.1 Å². The number of aromatic nitrogens is 2. The highest BCUT2D eigenvalue weighted by Crippen LogP contribution is 2.23. The van der Waals surface area contributed by atoms with Crippen LogP contribution in [0.3, 0.4) is 0 Å². The molecule has 3 aromatic rings. The third-order valence-electron chi connectivity index (χ3n) is 4.39. The van der Waals surface area contributed by atoms with E-state index in [1.165, 1.54) is 5.56 Å². The van der Waals surface area contributed by atoms with E-state index in [0.29, 0.717) is 17.9 Å². The molecule has 0 spiro atoms. The van der Waals surface area contributed by atoms with Gasteiger partial charge >= 0.3 is 0 Å². The molecule has 0 N–H and O–H groups in total. The highest BCUT2D eigenvalue weighted by atomic mass is 16.5. The summed E-state index contributed by atoms with van der Waals surface area (Å²) in [5, 5.41) is 0. The van der Waals surface area contributed by atoms with Gasteiger partial charge in [-0.1, -0.05) is 42.5 Å². The number of amides is 1. The van der Waals surface area contributed by atoms with Crippen molar-refractivity contribution in [3.63, 3.8) is 0 Å². The minimum atomic E-state index is -0.0748. The van der Waals surface area contributed by atoms with Crippen molar-refractivity contribution in [2.75, 3.05) is 14.2 Å². The Labute approximate surface area is 153 Å². The number of hydrogen-bond acceptors (Lipinski definition) is 3. The lowest BCUT2D eigenvalue weighted by Gasteiger charge is -2.20. The fourth-order valence-electron chi connectivity index (χ4n) is 2.98. The highest BCUT2D eigenvalue weighted by molar-refractivity contribution is 5.98. The lowest BCUT2D eigenvalue weighted by Crippen LogP contribution is -2.28. The van der Waals surface area contributed by atoms with Gasteiger partial charge in [0.15, 0.2) is 0 Å². The summed E-state index contributed by atoms with van der Waals surface area (Å²) in [5.41, 5.74) is 2.69. The van der Waals surface area contributed by atoms with E-state index in [4.69, 9.17) is 4.74 Å². The SMILES string of the molecule is COc1cccc(C)c1C(=O)N(C)Cc1nccn1Cc1ccccc1. The number of benzene rings is 2. The lowest BCUT2D eigenvalue weighted by molar-refractivity contribution is 0.0776. The monoisotopic (exact) mass is 349 g/mol. The minimum Gasteiger partial charge on any atom is -0.496 e. The zero-order valence-corrected chi connectivity index (χ0v) is 15.3. The fraction of sp³-hybridized carbons (Fsp3) is 0.238. The molecule has 0 saturated heterocycles. The summed E-state index contributed by atoms with van der Waals surface area (Å²) in [6.07, 6.45) is 3.71. The molecule has 5 nitrogen and oxygen atoms in total. The van der Waals surface area contributed by atoms with Crippen molar-refractivity contribution in [3.8, 4) is 5.75 Å². The van der Waals surface area contributed by atoms with Gasteiger partial charge in [0, 0.05) is 26.0 Å². The molecule has 5 heteroatoms. The van der Waals surface area contributed by atoms with Gasteiger partial charge in [0.05, 0.1) is 19.2 Å². The van der Waals surface area contributed by atoms with Crippen LogP contribution in [0.15, 0.2) is 60.9 Å². The van der Waals surface area contributed by atoms with Gasteiger partial charge in [-0.25, -0.2) is 4.98 Å². The summed E-state index contributed by atoms with van der Waals surface area (Å²) in [6.45, 7) is 3.07. The Morgan fingerprint density at radius 1 is 1.15 bits per heavy atom. The molecule has 134 valence electrons. The Kier molecular flexibility index (Phi) is 5.37. The van der Waals surface area contributed by atoms with Crippen LogP contribution in [0.4, 0.5) is 0 Å². The van der Waals surface area contributed by atoms with Crippen LogP contribution in [0.25, 0.3) is 0 Å². The molecular formula is C21H23N3O2. The second kappa shape index (κ2) is 7.87. The fourth-order valence-corrected chi connectivity index (χ4v) is 2.98. The number of hydrogen-bond donors (Lipinski definition) is 0. The van der Waals surface area contributed by atoms with Crippen molar-refractivity contribution in [1.29, 1.82) is 0 Å². The summed E-state index contributed by atoms with van der Waals surface area (Å²) in [4.78, 5) is 19.1. The molecule has 0 unspecified atom stereocenters. The Morgan fingerprint density at radius 2 is 1.92 bits per heavy atom. The number of imidazole rings is 1. The van der Waals surface area contributed by atoms with Crippen LogP contribution in [0.1, 0.15) is 27.3 Å². The first-order valence-electron chi connectivity index (χ1n) is 8.53. The topological polar surface area (TPSA) is 47.4 Å². The molecule has 0 saturated carbocycles. The van der Waals surface area contributed by atoms with Crippen LogP contribution >= 0.6 is 0 Å². The maximum absolute atomic E-state index is 12.9. The van der Waals surface area contributed by atoms with Crippen molar-refractivity contribution < 1.29 is 9.53 Å². The maximum atomic E-state index is 12.9. The Balaban J connectivity index is 1.78. The second-order valence-electron chi connectivity index (χ2n) is 6.27. The number of aryl methyl sites for hydroxylation is 1. The van der Waals surface area contributed by atoms with Gasteiger partial charge < -0.3 is 14.2 Å². The summed E-state index contributed by atoms with van der Waals surface area (Å²) in [6, 6.07) is 15.8. The van der Waals surface area contributed by atoms with Gasteiger partial charge in [0.1, 0.15) is 11.6 Å². The molecule has 26 heavy (non-hydrogen) atoms. The largest absolute Gasteiger partial charge is 0.496 e. The molecule has 0 fully saturated rings. The molecule has 0 aliphatic rings. The molecule has 0 radical (unpaired) electrons. The van der Waals surface area contributed by atoms with E-state index in [9.17, 15) is 4.79 Å². The first-order valence-corrected chi connectivity index (χ1v) is 8.53. The average Bonchev–Trinajstić information content (AvgIpc) is 3.08. The molecular weight excluding hydrogens is 326 g/mol. The number of carbonyl (C=O) groups is 1. The molecule has 3 rings (SSSR count). The Morgan fingerprint density at radius 3 is 2.65 bits per heavy atom.